The summed E-state index contributed by atoms with van der Waals surface area (Å²) >= 11 is 0. The van der Waals surface area contributed by atoms with E-state index in [-0.39, 0.29) is 13.2 Å². The molecule has 0 spiro atoms. The molecule has 0 aliphatic carbocycles. The Balaban J connectivity index is 3.72. The first-order valence-corrected chi connectivity index (χ1v) is 5.50. The molecule has 0 aliphatic rings. The number of hydrogen-bond acceptors (Lipinski definition) is 5. The minimum absolute atomic E-state index is 0.00987. The van der Waals surface area contributed by atoms with E-state index in [9.17, 15) is 8.42 Å². The molecule has 0 radical (unpaired) electrons. The van der Waals surface area contributed by atoms with Crippen LogP contribution in [-0.2, 0) is 10.1 Å². The third-order valence-corrected chi connectivity index (χ3v) is 2.02. The summed E-state index contributed by atoms with van der Waals surface area (Å²) in [5.41, 5.74) is 0. The summed E-state index contributed by atoms with van der Waals surface area (Å²) in [6.07, 6.45) is 0.937. The molecule has 80 valence electrons. The molecule has 1 atom stereocenters. The quantitative estimate of drug-likeness (QED) is 0.386. The van der Waals surface area contributed by atoms with Gasteiger partial charge in [0.25, 0.3) is 10.1 Å². The third kappa shape index (κ3) is 8.13. The van der Waals surface area contributed by atoms with Crippen molar-refractivity contribution in [2.75, 3.05) is 19.1 Å². The molecule has 0 fully saturated rings. The second-order valence-electron chi connectivity index (χ2n) is 2.68. The van der Waals surface area contributed by atoms with Crippen molar-refractivity contribution in [3.63, 3.8) is 0 Å². The summed E-state index contributed by atoms with van der Waals surface area (Å²) in [7, 11) is -4.04. The molecule has 0 saturated carbocycles. The van der Waals surface area contributed by atoms with Crippen LogP contribution in [0.1, 0.15) is 12.8 Å². The summed E-state index contributed by atoms with van der Waals surface area (Å²) in [4.78, 5) is 0. The van der Waals surface area contributed by atoms with Gasteiger partial charge in [-0.1, -0.05) is 0 Å². The molecule has 0 aliphatic heterocycles. The van der Waals surface area contributed by atoms with Crippen molar-refractivity contribution in [1.29, 1.82) is 0 Å². The molecule has 1 unspecified atom stereocenters. The third-order valence-electron chi connectivity index (χ3n) is 1.49. The second kappa shape index (κ2) is 6.28. The maximum atomic E-state index is 10.3. The van der Waals surface area contributed by atoms with Gasteiger partial charge in [-0.25, -0.2) is 0 Å². The van der Waals surface area contributed by atoms with Crippen LogP contribution in [0.4, 0.5) is 0 Å². The molecule has 13 heavy (non-hydrogen) atoms. The predicted molar refractivity (Wildman–Crippen MR) is 46.7 cm³/mol. The Morgan fingerprint density at radius 3 is 2.31 bits per heavy atom. The van der Waals surface area contributed by atoms with Crippen LogP contribution in [0, 0.1) is 0 Å². The van der Waals surface area contributed by atoms with Crippen molar-refractivity contribution in [3.05, 3.63) is 0 Å². The molecule has 0 heterocycles. The van der Waals surface area contributed by atoms with Gasteiger partial charge in [0.2, 0.25) is 0 Å². The molecule has 0 aromatic heterocycles. The zero-order chi connectivity index (χ0) is 10.3. The van der Waals surface area contributed by atoms with Gasteiger partial charge < -0.3 is 10.2 Å². The molecule has 0 amide bonds. The molecule has 7 heteroatoms. The first-order valence-electron chi connectivity index (χ1n) is 3.90. The van der Waals surface area contributed by atoms with Crippen molar-refractivity contribution in [1.82, 2.24) is 5.32 Å². The number of nitrogens with one attached hydrogen (secondary N) is 1. The molecule has 0 saturated heterocycles. The van der Waals surface area contributed by atoms with Crippen LogP contribution in [0.15, 0.2) is 0 Å². The average Bonchev–Trinajstić information content (AvgIpc) is 2.03. The van der Waals surface area contributed by atoms with Gasteiger partial charge in [-0.2, -0.15) is 8.42 Å². The van der Waals surface area contributed by atoms with Crippen LogP contribution in [0.5, 0.6) is 0 Å². The van der Waals surface area contributed by atoms with Crippen LogP contribution in [-0.4, -0.2) is 48.3 Å². The second-order valence-corrected chi connectivity index (χ2v) is 4.13. The molecule has 0 bridgehead atoms. The standard InChI is InChI=1S/C6H15NO5S/c8-3-1-2-6(4-9)7-5-13(10,11)12/h6-9H,1-5H2,(H,10,11,12). The Morgan fingerprint density at radius 1 is 1.31 bits per heavy atom. The lowest BCUT2D eigenvalue weighted by Crippen LogP contribution is -2.36. The van der Waals surface area contributed by atoms with Gasteiger partial charge in [-0.15, -0.1) is 0 Å². The fourth-order valence-electron chi connectivity index (χ4n) is 0.819. The summed E-state index contributed by atoms with van der Waals surface area (Å²) in [6.45, 7) is -0.237. The summed E-state index contributed by atoms with van der Waals surface area (Å²) in [6, 6.07) is -0.408. The molecule has 0 aromatic rings. The van der Waals surface area contributed by atoms with Crippen molar-refractivity contribution in [2.45, 2.75) is 18.9 Å². The van der Waals surface area contributed by atoms with Crippen LogP contribution >= 0.6 is 0 Å². The Bertz CT molecular complexity index is 215. The van der Waals surface area contributed by atoms with E-state index in [1.807, 2.05) is 0 Å². The van der Waals surface area contributed by atoms with Gasteiger partial charge in [0.1, 0.15) is 5.88 Å². The molecular weight excluding hydrogens is 198 g/mol. The van der Waals surface area contributed by atoms with E-state index in [0.29, 0.717) is 12.8 Å². The highest BCUT2D eigenvalue weighted by Crippen LogP contribution is 1.95. The normalized spacial score (nSPS) is 14.4. The van der Waals surface area contributed by atoms with Gasteiger partial charge in [0.05, 0.1) is 6.61 Å². The maximum absolute atomic E-state index is 10.3. The number of rotatable bonds is 7. The van der Waals surface area contributed by atoms with E-state index in [4.69, 9.17) is 14.8 Å². The highest BCUT2D eigenvalue weighted by Gasteiger charge is 2.10. The summed E-state index contributed by atoms with van der Waals surface area (Å²) < 4.78 is 28.9. The molecule has 0 aromatic carbocycles. The van der Waals surface area contributed by atoms with Crippen molar-refractivity contribution in [2.24, 2.45) is 0 Å². The highest BCUT2D eigenvalue weighted by molar-refractivity contribution is 7.85. The maximum Gasteiger partial charge on any atom is 0.278 e. The molecule has 4 N–H and O–H groups in total. The topological polar surface area (TPSA) is 107 Å². The van der Waals surface area contributed by atoms with Gasteiger partial charge >= 0.3 is 0 Å². The van der Waals surface area contributed by atoms with E-state index in [0.717, 1.165) is 0 Å². The van der Waals surface area contributed by atoms with Crippen LogP contribution < -0.4 is 5.32 Å². The van der Waals surface area contributed by atoms with Crippen molar-refractivity contribution in [3.8, 4) is 0 Å². The summed E-state index contributed by atoms with van der Waals surface area (Å²) in [5.74, 6) is -0.580. The minimum atomic E-state index is -4.04. The van der Waals surface area contributed by atoms with Crippen molar-refractivity contribution >= 4 is 10.1 Å². The average molecular weight is 213 g/mol. The first-order chi connectivity index (χ1) is 5.99. The Labute approximate surface area is 77.3 Å². The van der Waals surface area contributed by atoms with E-state index < -0.39 is 22.0 Å². The SMILES string of the molecule is O=S(=O)(O)CNC(CO)CCCO. The van der Waals surface area contributed by atoms with E-state index in [1.165, 1.54) is 0 Å². The zero-order valence-corrected chi connectivity index (χ0v) is 8.00. The van der Waals surface area contributed by atoms with Crippen molar-refractivity contribution < 1.29 is 23.2 Å². The predicted octanol–water partition coefficient (Wildman–Crippen LogP) is -1.45. The van der Waals surface area contributed by atoms with Gasteiger partial charge in [0.15, 0.2) is 0 Å². The Morgan fingerprint density at radius 2 is 1.92 bits per heavy atom. The van der Waals surface area contributed by atoms with Crippen LogP contribution in [0.2, 0.25) is 0 Å². The molecular formula is C6H15NO5S. The van der Waals surface area contributed by atoms with E-state index in [2.05, 4.69) is 5.32 Å². The Hall–Kier alpha value is -0.210. The summed E-state index contributed by atoms with van der Waals surface area (Å²) in [5, 5.41) is 19.6. The lowest BCUT2D eigenvalue weighted by molar-refractivity contribution is 0.221. The fourth-order valence-corrected chi connectivity index (χ4v) is 1.27. The lowest BCUT2D eigenvalue weighted by Gasteiger charge is -2.13. The smallest absolute Gasteiger partial charge is 0.278 e. The highest BCUT2D eigenvalue weighted by atomic mass is 32.2. The first kappa shape index (κ1) is 12.8. The number of aliphatic hydroxyl groups excluding tert-OH is 2. The van der Waals surface area contributed by atoms with E-state index in [1.54, 1.807) is 0 Å². The minimum Gasteiger partial charge on any atom is -0.396 e. The number of aliphatic hydroxyl groups is 2. The largest absolute Gasteiger partial charge is 0.396 e. The molecule has 6 nitrogen and oxygen atoms in total. The zero-order valence-electron chi connectivity index (χ0n) is 7.18. The lowest BCUT2D eigenvalue weighted by atomic mass is 10.2. The number of hydrogen-bond donors (Lipinski definition) is 4. The monoisotopic (exact) mass is 213 g/mol. The fraction of sp³-hybridized carbons (Fsp3) is 1.00. The van der Waals surface area contributed by atoms with Gasteiger partial charge in [-0.05, 0) is 12.8 Å². The van der Waals surface area contributed by atoms with Gasteiger partial charge in [-0.3, -0.25) is 9.87 Å². The van der Waals surface area contributed by atoms with E-state index >= 15 is 0 Å². The van der Waals surface area contributed by atoms with Crippen LogP contribution in [0.3, 0.4) is 0 Å². The van der Waals surface area contributed by atoms with Gasteiger partial charge in [0, 0.05) is 12.6 Å². The van der Waals surface area contributed by atoms with Crippen LogP contribution in [0.25, 0.3) is 0 Å². The molecule has 0 rings (SSSR count). The Kier molecular flexibility index (Phi) is 6.17.